The van der Waals surface area contributed by atoms with E-state index in [4.69, 9.17) is 9.47 Å². The highest BCUT2D eigenvalue weighted by atomic mass is 16.7. The van der Waals surface area contributed by atoms with Crippen LogP contribution in [0.15, 0.2) is 48.8 Å². The average Bonchev–Trinajstić information content (AvgIpc) is 3.91. The van der Waals surface area contributed by atoms with Gasteiger partial charge in [0.05, 0.1) is 58.0 Å². The van der Waals surface area contributed by atoms with E-state index in [-0.39, 0.29) is 47.9 Å². The van der Waals surface area contributed by atoms with Crippen LogP contribution in [0.3, 0.4) is 0 Å². The number of aromatic nitrogens is 4. The molecule has 0 saturated carbocycles. The molecule has 0 aliphatic carbocycles. The molecule has 1 fully saturated rings. The summed E-state index contributed by atoms with van der Waals surface area (Å²) in [6.07, 6.45) is 1.75. The van der Waals surface area contributed by atoms with Gasteiger partial charge in [-0.25, -0.2) is 19.6 Å². The molecule has 2 aromatic carbocycles. The standard InChI is InChI=1S/C40H54N8O8/c1-21(2)33(47-39(51)53-7)32(49)18-41-24(6)36-43-17-31(46-36)29-19-55-38(56-20-29)28-12-10-25-13-27(11-9-26(25)14-28)30-16-42-35(45-30)23(5)15-44-37(50)34(22(3)4)48-40(52)54-8/h9-14,16-17,21-24,29,33-34,38,41H,15,18-20H2,1-8H3,(H,42,45)(H,43,46)(H,44,50)(H,47,51)(H,48,52)/t23-,24-,29?,33+,34+,38?/m0/s1. The van der Waals surface area contributed by atoms with E-state index in [1.54, 1.807) is 12.4 Å². The van der Waals surface area contributed by atoms with Gasteiger partial charge in [0.2, 0.25) is 5.91 Å². The van der Waals surface area contributed by atoms with E-state index < -0.39 is 30.6 Å². The number of rotatable bonds is 16. The molecule has 0 unspecified atom stereocenters. The molecule has 0 spiro atoms. The zero-order valence-corrected chi connectivity index (χ0v) is 33.2. The fourth-order valence-corrected chi connectivity index (χ4v) is 6.41. The van der Waals surface area contributed by atoms with Crippen LogP contribution < -0.4 is 21.3 Å². The summed E-state index contributed by atoms with van der Waals surface area (Å²) in [5.74, 6) is 0.631. The Kier molecular flexibility index (Phi) is 14.2. The van der Waals surface area contributed by atoms with Gasteiger partial charge in [0.15, 0.2) is 12.1 Å². The van der Waals surface area contributed by atoms with Crippen LogP contribution in [0.1, 0.15) is 88.6 Å². The molecule has 16 nitrogen and oxygen atoms in total. The summed E-state index contributed by atoms with van der Waals surface area (Å²) in [5.41, 5.74) is 3.63. The lowest BCUT2D eigenvalue weighted by Crippen LogP contribution is -2.50. The number of methoxy groups -OCH3 is 2. The summed E-state index contributed by atoms with van der Waals surface area (Å²) in [6.45, 7) is 12.6. The van der Waals surface area contributed by atoms with Gasteiger partial charge < -0.3 is 50.2 Å². The van der Waals surface area contributed by atoms with E-state index in [1.807, 2.05) is 59.7 Å². The van der Waals surface area contributed by atoms with Crippen molar-refractivity contribution in [3.8, 4) is 11.3 Å². The number of fused-ring (bicyclic) bond motifs is 1. The minimum Gasteiger partial charge on any atom is -0.453 e. The van der Waals surface area contributed by atoms with Crippen LogP contribution in [-0.4, -0.2) is 96.4 Å². The maximum atomic E-state index is 12.8. The summed E-state index contributed by atoms with van der Waals surface area (Å²) in [7, 11) is 2.53. The number of hydrogen-bond acceptors (Lipinski definition) is 11. The van der Waals surface area contributed by atoms with E-state index in [2.05, 4.69) is 68.9 Å². The van der Waals surface area contributed by atoms with Crippen LogP contribution in [0.4, 0.5) is 9.59 Å². The number of ether oxygens (including phenoxy) is 4. The van der Waals surface area contributed by atoms with E-state index in [0.717, 1.165) is 39.1 Å². The van der Waals surface area contributed by atoms with Gasteiger partial charge >= 0.3 is 12.2 Å². The topological polar surface area (TPSA) is 211 Å². The summed E-state index contributed by atoms with van der Waals surface area (Å²) in [4.78, 5) is 64.8. The highest BCUT2D eigenvalue weighted by Gasteiger charge is 2.29. The molecule has 4 aromatic rings. The molecule has 5 rings (SSSR count). The van der Waals surface area contributed by atoms with Gasteiger partial charge in [0.1, 0.15) is 17.7 Å². The monoisotopic (exact) mass is 774 g/mol. The molecule has 56 heavy (non-hydrogen) atoms. The Morgan fingerprint density at radius 1 is 0.804 bits per heavy atom. The molecule has 1 aliphatic rings. The molecule has 0 radical (unpaired) electrons. The zero-order valence-electron chi connectivity index (χ0n) is 33.2. The van der Waals surface area contributed by atoms with E-state index in [0.29, 0.717) is 25.6 Å². The third-order valence-corrected chi connectivity index (χ3v) is 9.92. The number of nitrogens with one attached hydrogen (secondary N) is 6. The minimum absolute atomic E-state index is 0.0438. The fraction of sp³-hybridized carbons (Fsp3) is 0.500. The van der Waals surface area contributed by atoms with Crippen LogP contribution in [0, 0.1) is 11.8 Å². The molecule has 302 valence electrons. The van der Waals surface area contributed by atoms with Crippen molar-refractivity contribution in [2.45, 2.75) is 77.8 Å². The van der Waals surface area contributed by atoms with Crippen molar-refractivity contribution in [1.29, 1.82) is 0 Å². The lowest BCUT2D eigenvalue weighted by molar-refractivity contribution is -0.192. The lowest BCUT2D eigenvalue weighted by atomic mass is 10.00. The first-order valence-corrected chi connectivity index (χ1v) is 18.9. The molecule has 16 heteroatoms. The summed E-state index contributed by atoms with van der Waals surface area (Å²) < 4.78 is 21.7. The Balaban J connectivity index is 1.12. The predicted octanol–water partition coefficient (Wildman–Crippen LogP) is 4.98. The molecule has 1 aliphatic heterocycles. The Morgan fingerprint density at radius 2 is 1.43 bits per heavy atom. The molecule has 0 bridgehead atoms. The average molecular weight is 775 g/mol. The highest BCUT2D eigenvalue weighted by Crippen LogP contribution is 2.32. The smallest absolute Gasteiger partial charge is 0.407 e. The van der Waals surface area contributed by atoms with Crippen molar-refractivity contribution in [3.63, 3.8) is 0 Å². The number of hydrogen-bond donors (Lipinski definition) is 6. The van der Waals surface area contributed by atoms with Crippen LogP contribution in [0.25, 0.3) is 22.0 Å². The number of benzene rings is 2. The van der Waals surface area contributed by atoms with Gasteiger partial charge in [-0.2, -0.15) is 0 Å². The zero-order chi connectivity index (χ0) is 40.5. The Morgan fingerprint density at radius 3 is 2.09 bits per heavy atom. The van der Waals surface area contributed by atoms with E-state index in [9.17, 15) is 19.2 Å². The number of nitrogens with zero attached hydrogens (tertiary/aromatic N) is 2. The molecule has 2 aromatic heterocycles. The maximum absolute atomic E-state index is 12.8. The van der Waals surface area contributed by atoms with E-state index >= 15 is 0 Å². The number of imidazole rings is 2. The maximum Gasteiger partial charge on any atom is 0.407 e. The van der Waals surface area contributed by atoms with Crippen LogP contribution in [-0.2, 0) is 28.5 Å². The largest absolute Gasteiger partial charge is 0.453 e. The van der Waals surface area contributed by atoms with Crippen molar-refractivity contribution < 1.29 is 38.1 Å². The van der Waals surface area contributed by atoms with Crippen molar-refractivity contribution in [1.82, 2.24) is 41.2 Å². The van der Waals surface area contributed by atoms with Crippen molar-refractivity contribution in [2.75, 3.05) is 40.5 Å². The second kappa shape index (κ2) is 19.0. The first kappa shape index (κ1) is 41.8. The fourth-order valence-electron chi connectivity index (χ4n) is 6.41. The van der Waals surface area contributed by atoms with Gasteiger partial charge in [0.25, 0.3) is 0 Å². The van der Waals surface area contributed by atoms with Crippen molar-refractivity contribution >= 4 is 34.6 Å². The normalized spacial score (nSPS) is 17.9. The van der Waals surface area contributed by atoms with Crippen LogP contribution >= 0.6 is 0 Å². The number of carbonyl (C=O) groups excluding carboxylic acids is 4. The van der Waals surface area contributed by atoms with Crippen LogP contribution in [0.5, 0.6) is 0 Å². The van der Waals surface area contributed by atoms with Crippen molar-refractivity contribution in [2.24, 2.45) is 11.8 Å². The van der Waals surface area contributed by atoms with Gasteiger partial charge in [-0.3, -0.25) is 9.59 Å². The number of ketones is 1. The van der Waals surface area contributed by atoms with E-state index in [1.165, 1.54) is 14.2 Å². The molecule has 3 amide bonds. The SMILES string of the molecule is COC(=O)N[C@@H](C(=O)CN[C@@H](C)c1ncc(C2COC(c3ccc4cc(-c5cnc([C@@H](C)CNC(=O)[C@H](NC(=O)OC)C(C)C)[nH]5)ccc4c3)OC2)[nH]1)C(C)C. The quantitative estimate of drug-likeness (QED) is 0.0894. The van der Waals surface area contributed by atoms with Gasteiger partial charge in [-0.15, -0.1) is 0 Å². The molecule has 4 atom stereocenters. The number of amides is 3. The molecular weight excluding hydrogens is 720 g/mol. The Labute approximate surface area is 326 Å². The third kappa shape index (κ3) is 10.5. The Hall–Kier alpha value is -5.32. The van der Waals surface area contributed by atoms with Gasteiger partial charge in [-0.05, 0) is 41.7 Å². The molecular formula is C40H54N8O8. The second-order valence-corrected chi connectivity index (χ2v) is 14.9. The molecule has 6 N–H and O–H groups in total. The summed E-state index contributed by atoms with van der Waals surface area (Å²) in [5, 5.41) is 13.4. The first-order chi connectivity index (χ1) is 26.8. The predicted molar refractivity (Wildman–Crippen MR) is 209 cm³/mol. The number of aromatic amines is 2. The summed E-state index contributed by atoms with van der Waals surface area (Å²) >= 11 is 0. The number of Topliss-reactive ketones (excluding diaryl/α,β-unsaturated/α-hetero) is 1. The number of alkyl carbamates (subject to hydrolysis) is 2. The molecule has 3 heterocycles. The Bertz CT molecular complexity index is 1970. The van der Waals surface area contributed by atoms with Gasteiger partial charge in [0, 0.05) is 41.4 Å². The van der Waals surface area contributed by atoms with Crippen molar-refractivity contribution in [3.05, 3.63) is 71.7 Å². The number of carbonyl (C=O) groups is 4. The van der Waals surface area contributed by atoms with Gasteiger partial charge in [-0.1, -0.05) is 58.9 Å². The lowest BCUT2D eigenvalue weighted by Gasteiger charge is -2.29. The number of H-pyrrole nitrogens is 2. The third-order valence-electron chi connectivity index (χ3n) is 9.92. The summed E-state index contributed by atoms with van der Waals surface area (Å²) in [6, 6.07) is 10.7. The first-order valence-electron chi connectivity index (χ1n) is 18.9. The highest BCUT2D eigenvalue weighted by molar-refractivity contribution is 5.89. The van der Waals surface area contributed by atoms with Crippen LogP contribution in [0.2, 0.25) is 0 Å². The second-order valence-electron chi connectivity index (χ2n) is 14.9. The minimum atomic E-state index is -0.711. The molecule has 1 saturated heterocycles.